The highest BCUT2D eigenvalue weighted by Crippen LogP contribution is 2.36. The summed E-state index contributed by atoms with van der Waals surface area (Å²) in [7, 11) is -3.52. The quantitative estimate of drug-likeness (QED) is 0.435. The molecule has 0 aromatic carbocycles. The van der Waals surface area contributed by atoms with Crippen molar-refractivity contribution in [2.75, 3.05) is 24.7 Å². The van der Waals surface area contributed by atoms with Crippen LogP contribution < -0.4 is 10.6 Å². The SMILES string of the molecule is CS(=O)(=O)c1cc([N+](=O)[O-])c(NCCNC(=O)c2ccco2)s1. The number of rotatable bonds is 7. The summed E-state index contributed by atoms with van der Waals surface area (Å²) in [6.45, 7) is 0.375. The number of sulfone groups is 1. The fourth-order valence-electron chi connectivity index (χ4n) is 1.65. The first kappa shape index (κ1) is 17.0. The topological polar surface area (TPSA) is 132 Å². The van der Waals surface area contributed by atoms with Gasteiger partial charge in [-0.3, -0.25) is 14.9 Å². The summed E-state index contributed by atoms with van der Waals surface area (Å²) in [5.74, 6) is -0.249. The monoisotopic (exact) mass is 359 g/mol. The van der Waals surface area contributed by atoms with Gasteiger partial charge < -0.3 is 15.1 Å². The first-order valence-corrected chi connectivity index (χ1v) is 9.03. The zero-order valence-corrected chi connectivity index (χ0v) is 13.6. The standard InChI is InChI=1S/C12H13N3O6S2/c1-23(19,20)10-7-8(15(17)18)12(22-10)14-5-4-13-11(16)9-3-2-6-21-9/h2-3,6-7,14H,4-5H2,1H3,(H,13,16). The van der Waals surface area contributed by atoms with Crippen LogP contribution in [0.15, 0.2) is 33.1 Å². The molecule has 2 rings (SSSR count). The van der Waals surface area contributed by atoms with Gasteiger partial charge in [-0.2, -0.15) is 0 Å². The maximum atomic E-state index is 11.6. The van der Waals surface area contributed by atoms with Crippen molar-refractivity contribution in [3.63, 3.8) is 0 Å². The van der Waals surface area contributed by atoms with E-state index in [-0.39, 0.29) is 33.7 Å². The van der Waals surface area contributed by atoms with Gasteiger partial charge in [0.05, 0.1) is 11.2 Å². The fourth-order valence-corrected chi connectivity index (χ4v) is 3.62. The Morgan fingerprint density at radius 1 is 1.43 bits per heavy atom. The minimum atomic E-state index is -3.52. The zero-order chi connectivity index (χ0) is 17.0. The lowest BCUT2D eigenvalue weighted by atomic mass is 10.4. The van der Waals surface area contributed by atoms with E-state index in [4.69, 9.17) is 4.42 Å². The molecule has 0 saturated heterocycles. The molecule has 2 N–H and O–H groups in total. The van der Waals surface area contributed by atoms with Crippen LogP contribution in [-0.4, -0.2) is 38.6 Å². The molecule has 0 bridgehead atoms. The van der Waals surface area contributed by atoms with E-state index in [1.807, 2.05) is 0 Å². The van der Waals surface area contributed by atoms with E-state index in [2.05, 4.69) is 10.6 Å². The molecule has 2 aromatic heterocycles. The van der Waals surface area contributed by atoms with Crippen LogP contribution in [0.3, 0.4) is 0 Å². The maximum Gasteiger partial charge on any atom is 0.304 e. The highest BCUT2D eigenvalue weighted by atomic mass is 32.2. The Bertz CT molecular complexity index is 810. The van der Waals surface area contributed by atoms with Gasteiger partial charge in [-0.25, -0.2) is 8.42 Å². The van der Waals surface area contributed by atoms with Crippen LogP contribution in [0.25, 0.3) is 0 Å². The van der Waals surface area contributed by atoms with Crippen LogP contribution in [0, 0.1) is 10.1 Å². The van der Waals surface area contributed by atoms with Crippen molar-refractivity contribution in [1.82, 2.24) is 5.32 Å². The van der Waals surface area contributed by atoms with Gasteiger partial charge in [0.25, 0.3) is 5.91 Å². The molecule has 1 amide bonds. The lowest BCUT2D eigenvalue weighted by Crippen LogP contribution is -2.28. The second-order valence-electron chi connectivity index (χ2n) is 4.47. The summed E-state index contributed by atoms with van der Waals surface area (Å²) >= 11 is 0.779. The minimum absolute atomic E-state index is 0.0914. The average Bonchev–Trinajstić information content (AvgIpc) is 3.11. The minimum Gasteiger partial charge on any atom is -0.459 e. The summed E-state index contributed by atoms with van der Waals surface area (Å²) in [4.78, 5) is 21.9. The van der Waals surface area contributed by atoms with E-state index in [0.29, 0.717) is 0 Å². The molecular formula is C12H13N3O6S2. The Balaban J connectivity index is 1.96. The summed E-state index contributed by atoms with van der Waals surface area (Å²) in [5.41, 5.74) is -0.312. The maximum absolute atomic E-state index is 11.6. The Hall–Kier alpha value is -2.40. The van der Waals surface area contributed by atoms with Crippen molar-refractivity contribution in [1.29, 1.82) is 0 Å². The number of carbonyl (C=O) groups is 1. The van der Waals surface area contributed by atoms with Gasteiger partial charge in [0.15, 0.2) is 20.6 Å². The molecule has 124 valence electrons. The predicted octanol–water partition coefficient (Wildman–Crippen LogP) is 1.49. The molecule has 0 spiro atoms. The highest BCUT2D eigenvalue weighted by molar-refractivity contribution is 7.92. The van der Waals surface area contributed by atoms with Crippen molar-refractivity contribution in [2.45, 2.75) is 4.21 Å². The van der Waals surface area contributed by atoms with E-state index in [1.54, 1.807) is 6.07 Å². The van der Waals surface area contributed by atoms with E-state index in [0.717, 1.165) is 23.7 Å². The number of nitro groups is 1. The van der Waals surface area contributed by atoms with Crippen LogP contribution in [0.2, 0.25) is 0 Å². The number of hydrogen-bond acceptors (Lipinski definition) is 8. The molecule has 0 aliphatic heterocycles. The number of nitrogens with zero attached hydrogens (tertiary/aromatic N) is 1. The number of thiophene rings is 1. The van der Waals surface area contributed by atoms with Crippen molar-refractivity contribution in [3.05, 3.63) is 40.3 Å². The molecule has 2 heterocycles. The van der Waals surface area contributed by atoms with Crippen LogP contribution in [0.1, 0.15) is 10.6 Å². The van der Waals surface area contributed by atoms with Crippen molar-refractivity contribution in [3.8, 4) is 0 Å². The third-order valence-electron chi connectivity index (χ3n) is 2.69. The second-order valence-corrected chi connectivity index (χ2v) is 7.76. The molecule has 0 aliphatic rings. The van der Waals surface area contributed by atoms with Gasteiger partial charge in [-0.1, -0.05) is 11.3 Å². The molecule has 0 atom stereocenters. The first-order chi connectivity index (χ1) is 10.8. The summed E-state index contributed by atoms with van der Waals surface area (Å²) < 4.78 is 27.8. The van der Waals surface area contributed by atoms with E-state index in [9.17, 15) is 23.3 Å². The second kappa shape index (κ2) is 6.79. The van der Waals surface area contributed by atoms with Crippen LogP contribution >= 0.6 is 11.3 Å². The Morgan fingerprint density at radius 2 is 2.17 bits per heavy atom. The van der Waals surface area contributed by atoms with Crippen LogP contribution in [0.4, 0.5) is 10.7 Å². The van der Waals surface area contributed by atoms with Gasteiger partial charge in [0.2, 0.25) is 0 Å². The van der Waals surface area contributed by atoms with Crippen LogP contribution in [-0.2, 0) is 9.84 Å². The molecule has 11 heteroatoms. The molecule has 0 aliphatic carbocycles. The van der Waals surface area contributed by atoms with Gasteiger partial charge in [-0.15, -0.1) is 0 Å². The molecule has 0 radical (unpaired) electrons. The molecule has 0 saturated carbocycles. The van der Waals surface area contributed by atoms with Crippen molar-refractivity contribution < 1.29 is 22.6 Å². The van der Waals surface area contributed by atoms with E-state index in [1.165, 1.54) is 12.3 Å². The number of nitrogens with one attached hydrogen (secondary N) is 2. The Kier molecular flexibility index (Phi) is 5.01. The summed E-state index contributed by atoms with van der Waals surface area (Å²) in [5, 5.41) is 16.4. The zero-order valence-electron chi connectivity index (χ0n) is 11.9. The molecule has 0 fully saturated rings. The highest BCUT2D eigenvalue weighted by Gasteiger charge is 2.23. The lowest BCUT2D eigenvalue weighted by Gasteiger charge is -2.04. The number of carbonyl (C=O) groups excluding carboxylic acids is 1. The number of amides is 1. The average molecular weight is 359 g/mol. The van der Waals surface area contributed by atoms with E-state index < -0.39 is 20.7 Å². The summed E-state index contributed by atoms with van der Waals surface area (Å²) in [6.07, 6.45) is 2.35. The fraction of sp³-hybridized carbons (Fsp3) is 0.250. The molecule has 9 nitrogen and oxygen atoms in total. The molecule has 2 aromatic rings. The smallest absolute Gasteiger partial charge is 0.304 e. The third-order valence-corrected chi connectivity index (χ3v) is 5.58. The molecule has 0 unspecified atom stereocenters. The Morgan fingerprint density at radius 3 is 2.74 bits per heavy atom. The largest absolute Gasteiger partial charge is 0.459 e. The van der Waals surface area contributed by atoms with Crippen molar-refractivity contribution in [2.24, 2.45) is 0 Å². The summed E-state index contributed by atoms with van der Waals surface area (Å²) in [6, 6.07) is 4.10. The van der Waals surface area contributed by atoms with Crippen molar-refractivity contribution >= 4 is 37.8 Å². The molecular weight excluding hydrogens is 346 g/mol. The number of anilines is 1. The van der Waals surface area contributed by atoms with Gasteiger partial charge in [-0.05, 0) is 12.1 Å². The molecule has 23 heavy (non-hydrogen) atoms. The van der Waals surface area contributed by atoms with Gasteiger partial charge in [0.1, 0.15) is 4.21 Å². The number of furan rings is 1. The normalized spacial score (nSPS) is 11.2. The third kappa shape index (κ3) is 4.29. The number of hydrogen-bond donors (Lipinski definition) is 2. The van der Waals surface area contributed by atoms with E-state index >= 15 is 0 Å². The first-order valence-electron chi connectivity index (χ1n) is 6.33. The predicted molar refractivity (Wildman–Crippen MR) is 83.6 cm³/mol. The Labute approximate surface area is 135 Å². The van der Waals surface area contributed by atoms with Gasteiger partial charge >= 0.3 is 5.69 Å². The van der Waals surface area contributed by atoms with Crippen LogP contribution in [0.5, 0.6) is 0 Å². The van der Waals surface area contributed by atoms with Gasteiger partial charge in [0, 0.05) is 25.4 Å². The lowest BCUT2D eigenvalue weighted by molar-refractivity contribution is -0.383.